The van der Waals surface area contributed by atoms with E-state index >= 15 is 0 Å². The van der Waals surface area contributed by atoms with Gasteiger partial charge in [0.05, 0.1) is 21.9 Å². The maximum atomic E-state index is 6.49. The first-order valence-electron chi connectivity index (χ1n) is 14.0. The van der Waals surface area contributed by atoms with Crippen LogP contribution in [0.25, 0.3) is 70.8 Å². The molecule has 3 heterocycles. The van der Waals surface area contributed by atoms with Gasteiger partial charge in [-0.05, 0) is 71.4 Å². The van der Waals surface area contributed by atoms with Gasteiger partial charge in [0.25, 0.3) is 0 Å². The fourth-order valence-electron chi connectivity index (χ4n) is 7.19. The minimum absolute atomic E-state index is 0.935. The molecule has 0 aliphatic heterocycles. The second-order valence-electron chi connectivity index (χ2n) is 11.0. The highest BCUT2D eigenvalue weighted by Crippen LogP contribution is 2.47. The molecule has 0 aliphatic rings. The van der Waals surface area contributed by atoms with Crippen LogP contribution >= 0.6 is 0 Å². The molecule has 0 saturated carbocycles. The number of furan rings is 1. The highest BCUT2D eigenvalue weighted by Gasteiger charge is 2.24. The monoisotopic (exact) mass is 522 g/mol. The third kappa shape index (κ3) is 2.68. The van der Waals surface area contributed by atoms with Crippen LogP contribution in [0.3, 0.4) is 0 Å². The molecule has 0 fully saturated rings. The van der Waals surface area contributed by atoms with Gasteiger partial charge < -0.3 is 13.7 Å². The standard InChI is InChI=1S/C38H22N2O/c1-3-9-25(10-4-1)39(26-11-5-2-6-12-26)27-17-18-28-29-19-21-33-37-36-32(41-33)20-16-24-15-14-23-8-7-13-30(34(23)35(24)36)40(38(29)37)31(28)22-27/h1-22H. The molecule has 0 aliphatic carbocycles. The molecule has 10 aromatic rings. The summed E-state index contributed by atoms with van der Waals surface area (Å²) in [5, 5.41) is 9.95. The van der Waals surface area contributed by atoms with Gasteiger partial charge in [-0.3, -0.25) is 0 Å². The number of fused-ring (bicyclic) bond motifs is 4. The number of benzene rings is 7. The normalized spacial score (nSPS) is 12.4. The highest BCUT2D eigenvalue weighted by atomic mass is 16.3. The van der Waals surface area contributed by atoms with E-state index in [1.807, 2.05) is 0 Å². The molecule has 0 spiro atoms. The van der Waals surface area contributed by atoms with Crippen molar-refractivity contribution < 1.29 is 4.42 Å². The lowest BCUT2D eigenvalue weighted by Crippen LogP contribution is -2.09. The summed E-state index contributed by atoms with van der Waals surface area (Å²) >= 11 is 0. The fourth-order valence-corrected chi connectivity index (χ4v) is 7.19. The quantitative estimate of drug-likeness (QED) is 0.215. The van der Waals surface area contributed by atoms with E-state index in [4.69, 9.17) is 4.42 Å². The van der Waals surface area contributed by atoms with E-state index in [1.165, 1.54) is 59.6 Å². The Bertz CT molecular complexity index is 2530. The van der Waals surface area contributed by atoms with Crippen LogP contribution in [0.15, 0.2) is 138 Å². The molecule has 0 atom stereocenters. The van der Waals surface area contributed by atoms with Gasteiger partial charge in [0.1, 0.15) is 11.2 Å². The Morgan fingerprint density at radius 2 is 1.10 bits per heavy atom. The van der Waals surface area contributed by atoms with E-state index in [0.29, 0.717) is 0 Å². The predicted octanol–water partition coefficient (Wildman–Crippen LogP) is 10.8. The van der Waals surface area contributed by atoms with E-state index in [-0.39, 0.29) is 0 Å². The van der Waals surface area contributed by atoms with Crippen molar-refractivity contribution in [1.29, 1.82) is 0 Å². The molecule has 3 nitrogen and oxygen atoms in total. The van der Waals surface area contributed by atoms with E-state index in [0.717, 1.165) is 28.2 Å². The topological polar surface area (TPSA) is 20.8 Å². The van der Waals surface area contributed by atoms with Crippen LogP contribution in [0.2, 0.25) is 0 Å². The van der Waals surface area contributed by atoms with Gasteiger partial charge >= 0.3 is 0 Å². The maximum Gasteiger partial charge on any atom is 0.137 e. The predicted molar refractivity (Wildman–Crippen MR) is 172 cm³/mol. The number of anilines is 3. The summed E-state index contributed by atoms with van der Waals surface area (Å²) in [7, 11) is 0. The summed E-state index contributed by atoms with van der Waals surface area (Å²) in [6.07, 6.45) is 0. The summed E-state index contributed by atoms with van der Waals surface area (Å²) in [5.74, 6) is 0. The zero-order valence-corrected chi connectivity index (χ0v) is 22.0. The van der Waals surface area contributed by atoms with Crippen LogP contribution in [-0.2, 0) is 0 Å². The third-order valence-electron chi connectivity index (χ3n) is 8.84. The first-order chi connectivity index (χ1) is 20.3. The Morgan fingerprint density at radius 1 is 0.439 bits per heavy atom. The van der Waals surface area contributed by atoms with Gasteiger partial charge in [0.2, 0.25) is 0 Å². The molecule has 0 bridgehead atoms. The first kappa shape index (κ1) is 21.3. The molecular weight excluding hydrogens is 500 g/mol. The fraction of sp³-hybridized carbons (Fsp3) is 0. The summed E-state index contributed by atoms with van der Waals surface area (Å²) < 4.78 is 8.98. The van der Waals surface area contributed by atoms with Crippen molar-refractivity contribution in [1.82, 2.24) is 4.40 Å². The molecule has 10 rings (SSSR count). The number of aromatic nitrogens is 1. The zero-order chi connectivity index (χ0) is 26.7. The summed E-state index contributed by atoms with van der Waals surface area (Å²) in [6.45, 7) is 0. The lowest BCUT2D eigenvalue weighted by Gasteiger charge is -2.25. The van der Waals surface area contributed by atoms with Crippen molar-refractivity contribution in [2.75, 3.05) is 4.90 Å². The third-order valence-corrected chi connectivity index (χ3v) is 8.84. The Kier molecular flexibility index (Phi) is 3.93. The number of hydrogen-bond acceptors (Lipinski definition) is 2. The molecule has 41 heavy (non-hydrogen) atoms. The Balaban J connectivity index is 1.44. The lowest BCUT2D eigenvalue weighted by atomic mass is 9.97. The highest BCUT2D eigenvalue weighted by molar-refractivity contribution is 6.36. The van der Waals surface area contributed by atoms with Crippen LogP contribution in [0.5, 0.6) is 0 Å². The SMILES string of the molecule is c1ccc(N(c2ccccc2)c2ccc3c4ccc5oc6ccc7ccc8cccc9c8c7c6c5c4n9c3c2)cc1. The van der Waals surface area contributed by atoms with Crippen molar-refractivity contribution >= 4 is 87.9 Å². The zero-order valence-electron chi connectivity index (χ0n) is 22.0. The Morgan fingerprint density at radius 3 is 1.88 bits per heavy atom. The number of para-hydroxylation sites is 2. The number of hydrogen-bond donors (Lipinski definition) is 0. The average Bonchev–Trinajstić information content (AvgIpc) is 3.52. The largest absolute Gasteiger partial charge is 0.456 e. The molecule has 0 amide bonds. The smallest absolute Gasteiger partial charge is 0.137 e. The molecule has 3 heteroatoms. The van der Waals surface area contributed by atoms with Crippen molar-refractivity contribution in [3.63, 3.8) is 0 Å². The molecule has 7 aromatic carbocycles. The molecule has 190 valence electrons. The van der Waals surface area contributed by atoms with Gasteiger partial charge in [-0.15, -0.1) is 0 Å². The van der Waals surface area contributed by atoms with Gasteiger partial charge in [0.15, 0.2) is 0 Å². The van der Waals surface area contributed by atoms with Crippen LogP contribution in [0.4, 0.5) is 17.1 Å². The van der Waals surface area contributed by atoms with E-state index in [2.05, 4.69) is 143 Å². The van der Waals surface area contributed by atoms with Crippen LogP contribution in [-0.4, -0.2) is 4.40 Å². The van der Waals surface area contributed by atoms with E-state index in [9.17, 15) is 0 Å². The van der Waals surface area contributed by atoms with Crippen LogP contribution in [0.1, 0.15) is 0 Å². The van der Waals surface area contributed by atoms with E-state index in [1.54, 1.807) is 0 Å². The summed E-state index contributed by atoms with van der Waals surface area (Å²) in [6, 6.07) is 48.0. The first-order valence-corrected chi connectivity index (χ1v) is 14.0. The molecule has 0 unspecified atom stereocenters. The molecule has 0 saturated heterocycles. The van der Waals surface area contributed by atoms with Crippen molar-refractivity contribution in [3.8, 4) is 0 Å². The molecule has 3 aromatic heterocycles. The molecule has 0 N–H and O–H groups in total. The van der Waals surface area contributed by atoms with Gasteiger partial charge in [0, 0.05) is 44.0 Å². The molecular formula is C38H22N2O. The van der Waals surface area contributed by atoms with Crippen molar-refractivity contribution in [2.24, 2.45) is 0 Å². The van der Waals surface area contributed by atoms with Crippen LogP contribution < -0.4 is 4.90 Å². The maximum absolute atomic E-state index is 6.49. The Hall–Kier alpha value is -5.54. The summed E-state index contributed by atoms with van der Waals surface area (Å²) in [4.78, 5) is 2.34. The second-order valence-corrected chi connectivity index (χ2v) is 11.0. The number of nitrogens with zero attached hydrogens (tertiary/aromatic N) is 2. The van der Waals surface area contributed by atoms with E-state index < -0.39 is 0 Å². The summed E-state index contributed by atoms with van der Waals surface area (Å²) in [5.41, 5.74) is 8.88. The second kappa shape index (κ2) is 7.56. The average molecular weight is 523 g/mol. The van der Waals surface area contributed by atoms with Gasteiger partial charge in [-0.2, -0.15) is 0 Å². The minimum atomic E-state index is 0.935. The lowest BCUT2D eigenvalue weighted by molar-refractivity contribution is 0.669. The van der Waals surface area contributed by atoms with Gasteiger partial charge in [-0.25, -0.2) is 0 Å². The molecule has 0 radical (unpaired) electrons. The number of rotatable bonds is 3. The minimum Gasteiger partial charge on any atom is -0.456 e. The Labute approximate surface area is 234 Å². The van der Waals surface area contributed by atoms with Gasteiger partial charge in [-0.1, -0.05) is 72.8 Å². The van der Waals surface area contributed by atoms with Crippen LogP contribution in [0, 0.1) is 0 Å². The van der Waals surface area contributed by atoms with Crippen molar-refractivity contribution in [2.45, 2.75) is 0 Å². The van der Waals surface area contributed by atoms with Crippen molar-refractivity contribution in [3.05, 3.63) is 133 Å².